The third-order valence-corrected chi connectivity index (χ3v) is 11.4. The minimum atomic E-state index is -3.90. The molecule has 4 N–H and O–H groups in total. The van der Waals surface area contributed by atoms with E-state index in [1.54, 1.807) is 12.1 Å². The molecule has 0 unspecified atom stereocenters. The molecule has 16 heteroatoms. The van der Waals surface area contributed by atoms with Crippen LogP contribution in [0, 0.1) is 11.8 Å². The van der Waals surface area contributed by atoms with Crippen molar-refractivity contribution in [2.45, 2.75) is 47.3 Å². The predicted octanol–water partition coefficient (Wildman–Crippen LogP) is 6.05. The predicted molar refractivity (Wildman–Crippen MR) is 178 cm³/mol. The number of nitrogens with one attached hydrogen (secondary N) is 4. The topological polar surface area (TPSA) is 177 Å². The molecule has 0 fully saturated rings. The van der Waals surface area contributed by atoms with Gasteiger partial charge in [0.2, 0.25) is 20.0 Å². The van der Waals surface area contributed by atoms with Gasteiger partial charge >= 0.3 is 0 Å². The van der Waals surface area contributed by atoms with Crippen LogP contribution < -0.4 is 20.1 Å². The number of anilines is 2. The van der Waals surface area contributed by atoms with Gasteiger partial charge in [-0.3, -0.25) is 9.59 Å². The Kier molecular flexibility index (Phi) is 11.8. The summed E-state index contributed by atoms with van der Waals surface area (Å²) in [6.07, 6.45) is 2.71. The van der Waals surface area contributed by atoms with Crippen molar-refractivity contribution in [3.8, 4) is 0 Å². The van der Waals surface area contributed by atoms with E-state index in [-0.39, 0.29) is 57.6 Å². The molecular formula is C30H34N4O8S4. The largest absolute Gasteiger partial charge is 0.459 e. The van der Waals surface area contributed by atoms with E-state index in [2.05, 4.69) is 20.1 Å². The molecule has 0 aliphatic carbocycles. The first kappa shape index (κ1) is 35.3. The summed E-state index contributed by atoms with van der Waals surface area (Å²) in [5, 5.41) is 5.47. The van der Waals surface area contributed by atoms with Crippen molar-refractivity contribution in [1.29, 1.82) is 0 Å². The Bertz CT molecular complexity index is 1740. The van der Waals surface area contributed by atoms with Gasteiger partial charge in [-0.1, -0.05) is 49.3 Å². The summed E-state index contributed by atoms with van der Waals surface area (Å²) < 4.78 is 67.8. The highest BCUT2D eigenvalue weighted by Crippen LogP contribution is 2.45. The number of carbonyl (C=O) groups is 2. The van der Waals surface area contributed by atoms with Crippen LogP contribution in [0.2, 0.25) is 0 Å². The number of hydrogen-bond donors (Lipinski definition) is 4. The van der Waals surface area contributed by atoms with E-state index < -0.39 is 31.9 Å². The molecule has 0 atom stereocenters. The third-order valence-electron chi connectivity index (χ3n) is 6.10. The molecule has 2 heterocycles. The van der Waals surface area contributed by atoms with Crippen molar-refractivity contribution in [3.05, 3.63) is 84.7 Å². The van der Waals surface area contributed by atoms with E-state index in [0.717, 1.165) is 21.6 Å². The lowest BCUT2D eigenvalue weighted by Crippen LogP contribution is -2.27. The van der Waals surface area contributed by atoms with Crippen LogP contribution >= 0.6 is 21.6 Å². The first-order valence-corrected chi connectivity index (χ1v) is 19.2. The van der Waals surface area contributed by atoms with Crippen molar-refractivity contribution in [2.24, 2.45) is 11.8 Å². The summed E-state index contributed by atoms with van der Waals surface area (Å²) in [5.74, 6) is -0.872. The van der Waals surface area contributed by atoms with Gasteiger partial charge < -0.3 is 19.5 Å². The standard InChI is InChI=1S/C30H34N4O8S4/c1-19(2)17-31-45(37,38)21-9-11-23(33-29(35)25-7-5-13-41-25)27(15-21)43-44-28-16-22(46(39,40)32-18-20(3)4)10-12-24(28)34-30(36)26-8-6-14-42-26/h5-16,19-20,31-32H,17-18H2,1-4H3,(H,33,35)(H,34,36). The van der Waals surface area contributed by atoms with Crippen LogP contribution in [0.15, 0.2) is 102 Å². The monoisotopic (exact) mass is 706 g/mol. The molecule has 4 rings (SSSR count). The highest BCUT2D eigenvalue weighted by atomic mass is 33.1. The second-order valence-corrected chi connectivity index (χ2v) is 16.6. The summed E-state index contributed by atoms with van der Waals surface area (Å²) in [7, 11) is -5.67. The van der Waals surface area contributed by atoms with E-state index in [1.165, 1.54) is 61.1 Å². The third kappa shape index (κ3) is 9.49. The first-order valence-electron chi connectivity index (χ1n) is 14.1. The summed E-state index contributed by atoms with van der Waals surface area (Å²) in [5.41, 5.74) is 0.565. The number of amides is 2. The van der Waals surface area contributed by atoms with Gasteiger partial charge in [0.1, 0.15) is 0 Å². The fraction of sp³-hybridized carbons (Fsp3) is 0.267. The maximum atomic E-state index is 13.1. The fourth-order valence-electron chi connectivity index (χ4n) is 3.68. The zero-order chi connectivity index (χ0) is 33.5. The van der Waals surface area contributed by atoms with Gasteiger partial charge in [-0.05, 0) is 72.5 Å². The number of rotatable bonds is 15. The molecule has 4 aromatic rings. The molecular weight excluding hydrogens is 673 g/mol. The lowest BCUT2D eigenvalue weighted by molar-refractivity contribution is 0.0989. The zero-order valence-corrected chi connectivity index (χ0v) is 28.7. The minimum Gasteiger partial charge on any atom is -0.459 e. The first-order chi connectivity index (χ1) is 21.7. The summed E-state index contributed by atoms with van der Waals surface area (Å²) in [4.78, 5) is 26.3. The Hall–Kier alpha value is -3.54. The summed E-state index contributed by atoms with van der Waals surface area (Å²) in [6.45, 7) is 7.96. The van der Waals surface area contributed by atoms with Crippen LogP contribution in [0.4, 0.5) is 11.4 Å². The van der Waals surface area contributed by atoms with E-state index in [4.69, 9.17) is 8.83 Å². The number of benzene rings is 2. The zero-order valence-electron chi connectivity index (χ0n) is 25.4. The molecule has 0 saturated heterocycles. The summed E-state index contributed by atoms with van der Waals surface area (Å²) >= 11 is 0. The maximum absolute atomic E-state index is 13.1. The van der Waals surface area contributed by atoms with Crippen molar-refractivity contribution in [3.63, 3.8) is 0 Å². The molecule has 2 aromatic heterocycles. The smallest absolute Gasteiger partial charge is 0.291 e. The van der Waals surface area contributed by atoms with Crippen LogP contribution in [0.3, 0.4) is 0 Å². The maximum Gasteiger partial charge on any atom is 0.291 e. The van der Waals surface area contributed by atoms with Crippen molar-refractivity contribution < 1.29 is 35.3 Å². The molecule has 246 valence electrons. The van der Waals surface area contributed by atoms with Crippen LogP contribution in [0.1, 0.15) is 48.8 Å². The van der Waals surface area contributed by atoms with Gasteiger partial charge in [-0.15, -0.1) is 0 Å². The van der Waals surface area contributed by atoms with Crippen molar-refractivity contribution in [1.82, 2.24) is 9.44 Å². The number of hydrogen-bond acceptors (Lipinski definition) is 10. The highest BCUT2D eigenvalue weighted by Gasteiger charge is 2.22. The van der Waals surface area contributed by atoms with Gasteiger partial charge in [0.05, 0.1) is 33.7 Å². The Morgan fingerprint density at radius 3 is 1.37 bits per heavy atom. The Morgan fingerprint density at radius 1 is 0.652 bits per heavy atom. The SMILES string of the molecule is CC(C)CNS(=O)(=O)c1ccc(NC(=O)c2ccco2)c(SSc2cc(S(=O)(=O)NCC(C)C)ccc2NC(=O)c2ccco2)c1. The quantitative estimate of drug-likeness (QED) is 0.107. The second kappa shape index (κ2) is 15.4. The lowest BCUT2D eigenvalue weighted by atomic mass is 10.2. The van der Waals surface area contributed by atoms with E-state index in [0.29, 0.717) is 9.79 Å². The normalized spacial score (nSPS) is 12.0. The highest BCUT2D eigenvalue weighted by molar-refractivity contribution is 8.76. The van der Waals surface area contributed by atoms with Gasteiger partial charge in [0.15, 0.2) is 11.5 Å². The van der Waals surface area contributed by atoms with Crippen molar-refractivity contribution in [2.75, 3.05) is 23.7 Å². The average Bonchev–Trinajstić information content (AvgIpc) is 3.75. The molecule has 12 nitrogen and oxygen atoms in total. The Morgan fingerprint density at radius 2 is 1.04 bits per heavy atom. The van der Waals surface area contributed by atoms with E-state index in [1.807, 2.05) is 27.7 Å². The minimum absolute atomic E-state index is 0.0344. The van der Waals surface area contributed by atoms with Crippen LogP contribution in [0.25, 0.3) is 0 Å². The fourth-order valence-corrected chi connectivity index (χ4v) is 8.62. The molecule has 0 bridgehead atoms. The molecule has 0 aliphatic rings. The van der Waals surface area contributed by atoms with Gasteiger partial charge in [-0.25, -0.2) is 26.3 Å². The van der Waals surface area contributed by atoms with E-state index >= 15 is 0 Å². The Balaban J connectivity index is 1.71. The molecule has 0 saturated carbocycles. The van der Waals surface area contributed by atoms with Crippen LogP contribution in [-0.4, -0.2) is 41.7 Å². The van der Waals surface area contributed by atoms with Crippen LogP contribution in [-0.2, 0) is 20.0 Å². The van der Waals surface area contributed by atoms with Gasteiger partial charge in [-0.2, -0.15) is 0 Å². The number of furan rings is 2. The van der Waals surface area contributed by atoms with Crippen molar-refractivity contribution >= 4 is 64.8 Å². The van der Waals surface area contributed by atoms with Crippen LogP contribution in [0.5, 0.6) is 0 Å². The molecule has 0 spiro atoms. The molecule has 0 radical (unpaired) electrons. The lowest BCUT2D eigenvalue weighted by Gasteiger charge is -2.16. The number of carbonyl (C=O) groups excluding carboxylic acids is 2. The Labute approximate surface area is 276 Å². The average molecular weight is 707 g/mol. The molecule has 2 aromatic carbocycles. The van der Waals surface area contributed by atoms with Gasteiger partial charge in [0.25, 0.3) is 11.8 Å². The second-order valence-electron chi connectivity index (χ2n) is 10.8. The molecule has 0 aliphatic heterocycles. The van der Waals surface area contributed by atoms with Gasteiger partial charge in [0, 0.05) is 22.9 Å². The number of sulfonamides is 2. The summed E-state index contributed by atoms with van der Waals surface area (Å²) in [6, 6.07) is 14.6. The molecule has 2 amide bonds. The van der Waals surface area contributed by atoms with E-state index in [9.17, 15) is 26.4 Å². The molecule has 46 heavy (non-hydrogen) atoms.